The van der Waals surface area contributed by atoms with Crippen LogP contribution in [-0.4, -0.2) is 6.04 Å². The van der Waals surface area contributed by atoms with Crippen LogP contribution in [-0.2, 0) is 12.8 Å². The summed E-state index contributed by atoms with van der Waals surface area (Å²) >= 11 is 0. The van der Waals surface area contributed by atoms with Crippen LogP contribution in [0.1, 0.15) is 37.8 Å². The molecule has 1 nitrogen and oxygen atoms in total. The summed E-state index contributed by atoms with van der Waals surface area (Å²) in [4.78, 5) is 0. The molecule has 0 radical (unpaired) electrons. The standard InChI is InChI=1S/C19H25N/c1-3-9-18-12-7-8-13-19(18)20-16(2)14-15-17-10-5-4-6-11-17/h4-8,10-13,16,20H,3,9,14-15H2,1-2H3. The van der Waals surface area contributed by atoms with Crippen LogP contribution >= 0.6 is 0 Å². The topological polar surface area (TPSA) is 12.0 Å². The minimum Gasteiger partial charge on any atom is -0.382 e. The van der Waals surface area contributed by atoms with Gasteiger partial charge in [-0.2, -0.15) is 0 Å². The molecule has 20 heavy (non-hydrogen) atoms. The van der Waals surface area contributed by atoms with E-state index in [0.29, 0.717) is 6.04 Å². The molecule has 1 unspecified atom stereocenters. The Hall–Kier alpha value is -1.76. The highest BCUT2D eigenvalue weighted by atomic mass is 14.9. The summed E-state index contributed by atoms with van der Waals surface area (Å²) < 4.78 is 0. The van der Waals surface area contributed by atoms with Crippen molar-refractivity contribution in [2.24, 2.45) is 0 Å². The van der Waals surface area contributed by atoms with Gasteiger partial charge in [0.25, 0.3) is 0 Å². The average Bonchev–Trinajstić information content (AvgIpc) is 2.49. The van der Waals surface area contributed by atoms with Crippen molar-refractivity contribution in [2.45, 2.75) is 45.6 Å². The summed E-state index contributed by atoms with van der Waals surface area (Å²) in [5.41, 5.74) is 4.15. The van der Waals surface area contributed by atoms with Gasteiger partial charge in [-0.15, -0.1) is 0 Å². The summed E-state index contributed by atoms with van der Waals surface area (Å²) in [5, 5.41) is 3.67. The van der Waals surface area contributed by atoms with Crippen molar-refractivity contribution in [3.05, 3.63) is 65.7 Å². The zero-order valence-corrected chi connectivity index (χ0v) is 12.6. The van der Waals surface area contributed by atoms with Crippen molar-refractivity contribution < 1.29 is 0 Å². The quantitative estimate of drug-likeness (QED) is 0.738. The van der Waals surface area contributed by atoms with Gasteiger partial charge < -0.3 is 5.32 Å². The molecule has 106 valence electrons. The Balaban J connectivity index is 1.89. The summed E-state index contributed by atoms with van der Waals surface area (Å²) in [6, 6.07) is 19.9. The second-order valence-corrected chi connectivity index (χ2v) is 5.48. The van der Waals surface area contributed by atoms with Gasteiger partial charge in [0, 0.05) is 11.7 Å². The summed E-state index contributed by atoms with van der Waals surface area (Å²) in [6.45, 7) is 4.50. The Labute approximate surface area is 123 Å². The number of benzene rings is 2. The van der Waals surface area contributed by atoms with Crippen LogP contribution < -0.4 is 5.32 Å². The molecule has 0 aliphatic rings. The predicted octanol–water partition coefficient (Wildman–Crippen LogP) is 5.07. The molecule has 0 fully saturated rings. The lowest BCUT2D eigenvalue weighted by Crippen LogP contribution is -2.17. The third-order valence-corrected chi connectivity index (χ3v) is 3.65. The second kappa shape index (κ2) is 7.74. The Kier molecular flexibility index (Phi) is 5.67. The first-order valence-electron chi connectivity index (χ1n) is 7.68. The van der Waals surface area contributed by atoms with E-state index < -0.39 is 0 Å². The predicted molar refractivity (Wildman–Crippen MR) is 88.3 cm³/mol. The number of hydrogen-bond acceptors (Lipinski definition) is 1. The van der Waals surface area contributed by atoms with Crippen LogP contribution in [0.5, 0.6) is 0 Å². The van der Waals surface area contributed by atoms with Crippen LogP contribution in [0, 0.1) is 0 Å². The Bertz CT molecular complexity index is 504. The van der Waals surface area contributed by atoms with E-state index in [4.69, 9.17) is 0 Å². The molecule has 1 heteroatoms. The number of hydrogen-bond donors (Lipinski definition) is 1. The third kappa shape index (κ3) is 4.41. The van der Waals surface area contributed by atoms with Crippen LogP contribution in [0.25, 0.3) is 0 Å². The molecule has 2 aromatic carbocycles. The fourth-order valence-electron chi connectivity index (χ4n) is 2.51. The smallest absolute Gasteiger partial charge is 0.0374 e. The van der Waals surface area contributed by atoms with Crippen molar-refractivity contribution in [3.8, 4) is 0 Å². The first-order chi connectivity index (χ1) is 9.79. The monoisotopic (exact) mass is 267 g/mol. The van der Waals surface area contributed by atoms with Gasteiger partial charge >= 0.3 is 0 Å². The normalized spacial score (nSPS) is 12.1. The van der Waals surface area contributed by atoms with Crippen molar-refractivity contribution >= 4 is 5.69 Å². The van der Waals surface area contributed by atoms with E-state index in [-0.39, 0.29) is 0 Å². The molecule has 0 saturated carbocycles. The average molecular weight is 267 g/mol. The summed E-state index contributed by atoms with van der Waals surface area (Å²) in [6.07, 6.45) is 4.63. The lowest BCUT2D eigenvalue weighted by molar-refractivity contribution is 0.704. The van der Waals surface area contributed by atoms with Gasteiger partial charge in [0.15, 0.2) is 0 Å². The van der Waals surface area contributed by atoms with E-state index in [2.05, 4.69) is 73.8 Å². The first-order valence-corrected chi connectivity index (χ1v) is 7.68. The van der Waals surface area contributed by atoms with Crippen LogP contribution in [0.2, 0.25) is 0 Å². The van der Waals surface area contributed by atoms with E-state index in [1.54, 1.807) is 0 Å². The maximum atomic E-state index is 3.67. The fourth-order valence-corrected chi connectivity index (χ4v) is 2.51. The molecule has 0 aliphatic heterocycles. The number of nitrogens with one attached hydrogen (secondary N) is 1. The Morgan fingerprint density at radius 3 is 2.35 bits per heavy atom. The van der Waals surface area contributed by atoms with Crippen molar-refractivity contribution in [3.63, 3.8) is 0 Å². The molecule has 0 bridgehead atoms. The highest BCUT2D eigenvalue weighted by molar-refractivity contribution is 5.51. The summed E-state index contributed by atoms with van der Waals surface area (Å²) in [5.74, 6) is 0. The van der Waals surface area contributed by atoms with Gasteiger partial charge in [-0.3, -0.25) is 0 Å². The van der Waals surface area contributed by atoms with Crippen LogP contribution in [0.4, 0.5) is 5.69 Å². The van der Waals surface area contributed by atoms with E-state index in [1.165, 1.54) is 23.2 Å². The van der Waals surface area contributed by atoms with E-state index in [9.17, 15) is 0 Å². The zero-order valence-electron chi connectivity index (χ0n) is 12.6. The molecule has 0 heterocycles. The number of aryl methyl sites for hydroxylation is 2. The number of rotatable bonds is 7. The molecule has 2 rings (SSSR count). The van der Waals surface area contributed by atoms with Crippen molar-refractivity contribution in [1.82, 2.24) is 0 Å². The maximum absolute atomic E-state index is 3.67. The Morgan fingerprint density at radius 1 is 0.900 bits per heavy atom. The number of para-hydroxylation sites is 1. The molecule has 1 atom stereocenters. The molecule has 1 N–H and O–H groups in total. The minimum absolute atomic E-state index is 0.494. The van der Waals surface area contributed by atoms with Crippen LogP contribution in [0.3, 0.4) is 0 Å². The van der Waals surface area contributed by atoms with Gasteiger partial charge in [-0.1, -0.05) is 61.9 Å². The summed E-state index contributed by atoms with van der Waals surface area (Å²) in [7, 11) is 0. The molecular formula is C19H25N. The fraction of sp³-hybridized carbons (Fsp3) is 0.368. The molecule has 0 aromatic heterocycles. The van der Waals surface area contributed by atoms with Gasteiger partial charge in [0.2, 0.25) is 0 Å². The molecule has 2 aromatic rings. The van der Waals surface area contributed by atoms with E-state index in [0.717, 1.165) is 19.3 Å². The second-order valence-electron chi connectivity index (χ2n) is 5.48. The van der Waals surface area contributed by atoms with Crippen molar-refractivity contribution in [2.75, 3.05) is 5.32 Å². The molecule has 0 amide bonds. The molecular weight excluding hydrogens is 242 g/mol. The van der Waals surface area contributed by atoms with Crippen LogP contribution in [0.15, 0.2) is 54.6 Å². The Morgan fingerprint density at radius 2 is 1.60 bits per heavy atom. The van der Waals surface area contributed by atoms with Gasteiger partial charge in [-0.25, -0.2) is 0 Å². The maximum Gasteiger partial charge on any atom is 0.0374 e. The lowest BCUT2D eigenvalue weighted by Gasteiger charge is -2.18. The third-order valence-electron chi connectivity index (χ3n) is 3.65. The minimum atomic E-state index is 0.494. The SMILES string of the molecule is CCCc1ccccc1NC(C)CCc1ccccc1. The molecule has 0 spiro atoms. The highest BCUT2D eigenvalue weighted by Gasteiger charge is 2.06. The zero-order chi connectivity index (χ0) is 14.2. The molecule has 0 saturated heterocycles. The number of anilines is 1. The van der Waals surface area contributed by atoms with E-state index >= 15 is 0 Å². The first kappa shape index (κ1) is 14.6. The van der Waals surface area contributed by atoms with Gasteiger partial charge in [-0.05, 0) is 43.4 Å². The van der Waals surface area contributed by atoms with Crippen molar-refractivity contribution in [1.29, 1.82) is 0 Å². The van der Waals surface area contributed by atoms with Gasteiger partial charge in [0.05, 0.1) is 0 Å². The van der Waals surface area contributed by atoms with Gasteiger partial charge in [0.1, 0.15) is 0 Å². The van der Waals surface area contributed by atoms with E-state index in [1.807, 2.05) is 0 Å². The molecule has 0 aliphatic carbocycles. The largest absolute Gasteiger partial charge is 0.382 e. The highest BCUT2D eigenvalue weighted by Crippen LogP contribution is 2.19. The lowest BCUT2D eigenvalue weighted by atomic mass is 10.0.